The molecule has 0 bridgehead atoms. The molecule has 1 fully saturated rings. The standard InChI is InChI=1S/C27H18F4N6O4S/c28-20-10-15(24-32-14-36(35-24)17-5-7-18(8-6-17)41-27(29,30)31)4-9-21(20)33-25(39)34-26-37(23(38)13-42-26)22-3-1-2-16-11-40-12-19(16)22/h1-10,14H,11-13H2,(H,33,39)/b34-26-. The van der Waals surface area contributed by atoms with Crippen LogP contribution in [0.2, 0.25) is 0 Å². The first-order valence-electron chi connectivity index (χ1n) is 12.3. The zero-order chi connectivity index (χ0) is 29.4. The quantitative estimate of drug-likeness (QED) is 0.295. The normalized spacial score (nSPS) is 15.8. The number of carbonyl (C=O) groups is 2. The highest BCUT2D eigenvalue weighted by Gasteiger charge is 2.33. The van der Waals surface area contributed by atoms with Crippen LogP contribution < -0.4 is 15.0 Å². The van der Waals surface area contributed by atoms with E-state index in [1.54, 1.807) is 12.1 Å². The number of nitrogens with zero attached hydrogens (tertiary/aromatic N) is 5. The monoisotopic (exact) mass is 598 g/mol. The molecule has 1 saturated heterocycles. The van der Waals surface area contributed by atoms with Crippen LogP contribution in [-0.2, 0) is 22.7 Å². The summed E-state index contributed by atoms with van der Waals surface area (Å²) in [7, 11) is 0. The van der Waals surface area contributed by atoms with Gasteiger partial charge in [0.1, 0.15) is 17.9 Å². The highest BCUT2D eigenvalue weighted by molar-refractivity contribution is 8.15. The van der Waals surface area contributed by atoms with Crippen LogP contribution in [0, 0.1) is 5.82 Å². The van der Waals surface area contributed by atoms with Crippen molar-refractivity contribution in [1.29, 1.82) is 0 Å². The van der Waals surface area contributed by atoms with E-state index < -0.39 is 18.2 Å². The lowest BCUT2D eigenvalue weighted by Crippen LogP contribution is -2.31. The summed E-state index contributed by atoms with van der Waals surface area (Å²) in [4.78, 5) is 34.9. The van der Waals surface area contributed by atoms with Crippen molar-refractivity contribution in [2.75, 3.05) is 16.0 Å². The second-order valence-corrected chi connectivity index (χ2v) is 9.94. The first-order chi connectivity index (χ1) is 20.1. The van der Waals surface area contributed by atoms with Crippen molar-refractivity contribution in [3.63, 3.8) is 0 Å². The molecule has 6 rings (SSSR count). The Labute approximate surface area is 239 Å². The number of anilines is 2. The van der Waals surface area contributed by atoms with Gasteiger partial charge < -0.3 is 14.8 Å². The highest BCUT2D eigenvalue weighted by atomic mass is 32.2. The number of nitrogens with one attached hydrogen (secondary N) is 1. The molecule has 0 unspecified atom stereocenters. The number of thioether (sulfide) groups is 1. The van der Waals surface area contributed by atoms with E-state index >= 15 is 0 Å². The van der Waals surface area contributed by atoms with E-state index in [2.05, 4.69) is 25.1 Å². The molecule has 3 heterocycles. The third kappa shape index (κ3) is 5.69. The van der Waals surface area contributed by atoms with Crippen molar-refractivity contribution >= 4 is 40.2 Å². The van der Waals surface area contributed by atoms with Gasteiger partial charge in [-0.15, -0.1) is 18.3 Å². The molecular formula is C27H18F4N6O4S. The van der Waals surface area contributed by atoms with Gasteiger partial charge >= 0.3 is 12.4 Å². The molecule has 1 aromatic heterocycles. The number of aliphatic imine (C=N–C) groups is 1. The number of alkyl halides is 3. The van der Waals surface area contributed by atoms with Gasteiger partial charge in [0.2, 0.25) is 5.91 Å². The van der Waals surface area contributed by atoms with Gasteiger partial charge in [0, 0.05) is 11.1 Å². The smallest absolute Gasteiger partial charge is 0.406 e. The van der Waals surface area contributed by atoms with E-state index in [1.807, 2.05) is 6.07 Å². The third-order valence-corrected chi connectivity index (χ3v) is 7.17. The maximum Gasteiger partial charge on any atom is 0.573 e. The van der Waals surface area contributed by atoms with Crippen LogP contribution in [-0.4, -0.2) is 44.0 Å². The van der Waals surface area contributed by atoms with Crippen LogP contribution in [0.3, 0.4) is 0 Å². The summed E-state index contributed by atoms with van der Waals surface area (Å²) >= 11 is 1.10. The SMILES string of the molecule is O=C(/N=C1\SCC(=O)N1c1cccc2c1COC2)Nc1ccc(-c2ncn(-c3ccc(OC(F)(F)F)cc3)n2)cc1F. The summed E-state index contributed by atoms with van der Waals surface area (Å²) < 4.78 is 62.7. The molecule has 0 atom stereocenters. The summed E-state index contributed by atoms with van der Waals surface area (Å²) in [5.74, 6) is -1.17. The van der Waals surface area contributed by atoms with Crippen LogP contribution >= 0.6 is 11.8 Å². The van der Waals surface area contributed by atoms with Crippen molar-refractivity contribution in [1.82, 2.24) is 14.8 Å². The molecule has 4 aromatic rings. The van der Waals surface area contributed by atoms with Gasteiger partial charge in [0.25, 0.3) is 0 Å². The molecule has 1 N–H and O–H groups in total. The Balaban J connectivity index is 1.16. The zero-order valence-electron chi connectivity index (χ0n) is 21.3. The lowest BCUT2D eigenvalue weighted by Gasteiger charge is -2.18. The second kappa shape index (κ2) is 10.9. The van der Waals surface area contributed by atoms with Crippen LogP contribution in [0.4, 0.5) is 33.7 Å². The Hall–Kier alpha value is -4.76. The Morgan fingerprint density at radius 3 is 2.67 bits per heavy atom. The van der Waals surface area contributed by atoms with Crippen molar-refractivity contribution < 1.29 is 36.6 Å². The van der Waals surface area contributed by atoms with E-state index in [0.717, 1.165) is 41.1 Å². The molecule has 42 heavy (non-hydrogen) atoms. The number of amidine groups is 1. The van der Waals surface area contributed by atoms with E-state index in [4.69, 9.17) is 4.74 Å². The number of benzene rings is 3. The molecule has 214 valence electrons. The van der Waals surface area contributed by atoms with Crippen LogP contribution in [0.1, 0.15) is 11.1 Å². The van der Waals surface area contributed by atoms with E-state index in [0.29, 0.717) is 24.6 Å². The topological polar surface area (TPSA) is 111 Å². The zero-order valence-corrected chi connectivity index (χ0v) is 22.1. The number of urea groups is 1. The minimum atomic E-state index is -4.81. The molecule has 3 aromatic carbocycles. The van der Waals surface area contributed by atoms with Crippen molar-refractivity contribution in [2.45, 2.75) is 19.6 Å². The number of rotatable bonds is 5. The highest BCUT2D eigenvalue weighted by Crippen LogP contribution is 2.35. The predicted octanol–water partition coefficient (Wildman–Crippen LogP) is 5.67. The molecule has 0 radical (unpaired) electrons. The fraction of sp³-hybridized carbons (Fsp3) is 0.148. The molecule has 0 spiro atoms. The number of halogens is 4. The van der Waals surface area contributed by atoms with Gasteiger partial charge in [-0.3, -0.25) is 9.69 Å². The number of fused-ring (bicyclic) bond motifs is 1. The second-order valence-electron chi connectivity index (χ2n) is 9.00. The van der Waals surface area contributed by atoms with Crippen LogP contribution in [0.25, 0.3) is 17.1 Å². The van der Waals surface area contributed by atoms with Gasteiger partial charge in [0.05, 0.1) is 36.0 Å². The van der Waals surface area contributed by atoms with Gasteiger partial charge in [-0.2, -0.15) is 4.99 Å². The first kappa shape index (κ1) is 27.4. The third-order valence-electron chi connectivity index (χ3n) is 6.25. The first-order valence-corrected chi connectivity index (χ1v) is 13.2. The maximum atomic E-state index is 15.0. The van der Waals surface area contributed by atoms with E-state index in [-0.39, 0.29) is 39.7 Å². The van der Waals surface area contributed by atoms with Crippen molar-refractivity contribution in [3.05, 3.63) is 83.9 Å². The summed E-state index contributed by atoms with van der Waals surface area (Å²) in [6.45, 7) is 0.775. The number of aromatic nitrogens is 3. The van der Waals surface area contributed by atoms with Crippen molar-refractivity contribution in [3.8, 4) is 22.8 Å². The number of ether oxygens (including phenoxy) is 2. The molecule has 0 saturated carbocycles. The summed E-state index contributed by atoms with van der Waals surface area (Å²) in [5, 5.41) is 6.80. The molecule has 3 amide bonds. The fourth-order valence-electron chi connectivity index (χ4n) is 4.38. The Kier molecular flexibility index (Phi) is 7.12. The molecule has 15 heteroatoms. The molecule has 2 aliphatic rings. The molecule has 2 aliphatic heterocycles. The van der Waals surface area contributed by atoms with Gasteiger partial charge in [-0.1, -0.05) is 23.9 Å². The van der Waals surface area contributed by atoms with Crippen LogP contribution in [0.5, 0.6) is 5.75 Å². The van der Waals surface area contributed by atoms with Gasteiger partial charge in [0.15, 0.2) is 11.0 Å². The number of amides is 3. The maximum absolute atomic E-state index is 15.0. The fourth-order valence-corrected chi connectivity index (χ4v) is 5.24. The average Bonchev–Trinajstić information content (AvgIpc) is 3.70. The lowest BCUT2D eigenvalue weighted by molar-refractivity contribution is -0.274. The van der Waals surface area contributed by atoms with Crippen molar-refractivity contribution in [2.24, 2.45) is 4.99 Å². The lowest BCUT2D eigenvalue weighted by atomic mass is 10.1. The Morgan fingerprint density at radius 2 is 1.90 bits per heavy atom. The number of carbonyl (C=O) groups excluding carboxylic acids is 2. The molecular weight excluding hydrogens is 580 g/mol. The number of hydrogen-bond acceptors (Lipinski definition) is 7. The number of hydrogen-bond donors (Lipinski definition) is 1. The van der Waals surface area contributed by atoms with E-state index in [9.17, 15) is 27.2 Å². The van der Waals surface area contributed by atoms with Gasteiger partial charge in [-0.25, -0.2) is 18.9 Å². The summed E-state index contributed by atoms with van der Waals surface area (Å²) in [5.41, 5.74) is 2.94. The average molecular weight is 599 g/mol. The van der Waals surface area contributed by atoms with Crippen LogP contribution in [0.15, 0.2) is 72.0 Å². The van der Waals surface area contributed by atoms with Gasteiger partial charge in [-0.05, 0) is 54.1 Å². The predicted molar refractivity (Wildman–Crippen MR) is 145 cm³/mol. The minimum Gasteiger partial charge on any atom is -0.406 e. The summed E-state index contributed by atoms with van der Waals surface area (Å²) in [6, 6.07) is 13.5. The molecule has 10 nitrogen and oxygen atoms in total. The Bertz CT molecular complexity index is 1720. The summed E-state index contributed by atoms with van der Waals surface area (Å²) in [6.07, 6.45) is -3.49. The van der Waals surface area contributed by atoms with E-state index in [1.165, 1.54) is 40.2 Å². The minimum absolute atomic E-state index is 0.102. The Morgan fingerprint density at radius 1 is 1.10 bits per heavy atom. The molecule has 0 aliphatic carbocycles. The largest absolute Gasteiger partial charge is 0.573 e.